The van der Waals surface area contributed by atoms with Gasteiger partial charge in [-0.2, -0.15) is 0 Å². The summed E-state index contributed by atoms with van der Waals surface area (Å²) < 4.78 is 24.0. The first-order valence-electron chi connectivity index (χ1n) is 9.52. The third-order valence-corrected chi connectivity index (χ3v) is 7.86. The largest absolute Gasteiger partial charge is 0.340 e. The Hall–Kier alpha value is -1.50. The number of nitrogens with zero attached hydrogens (tertiary/aromatic N) is 2. The standard InChI is InChI=1S/C21H26N2O2S2/c1-22-13-6-5-7-16(22)12-14-23-18-8-3-4-9-20(18)26-21-15-17(27(2,24)25)10-11-19(21)23/h3-4,8-11,15-16H,5-7,12-14H2,1-2H3. The van der Waals surface area contributed by atoms with E-state index in [0.717, 1.165) is 23.5 Å². The predicted molar refractivity (Wildman–Crippen MR) is 112 cm³/mol. The van der Waals surface area contributed by atoms with Gasteiger partial charge < -0.3 is 9.80 Å². The molecule has 4 rings (SSSR count). The number of benzene rings is 2. The minimum atomic E-state index is -3.21. The molecule has 0 amide bonds. The molecular formula is C21H26N2O2S2. The van der Waals surface area contributed by atoms with Crippen LogP contribution in [0.15, 0.2) is 57.2 Å². The van der Waals surface area contributed by atoms with E-state index in [0.29, 0.717) is 10.9 Å². The molecule has 0 spiro atoms. The van der Waals surface area contributed by atoms with E-state index in [1.54, 1.807) is 17.8 Å². The van der Waals surface area contributed by atoms with Crippen molar-refractivity contribution in [1.82, 2.24) is 4.90 Å². The predicted octanol–water partition coefficient (Wildman–Crippen LogP) is 4.57. The van der Waals surface area contributed by atoms with E-state index in [9.17, 15) is 8.42 Å². The van der Waals surface area contributed by atoms with Crippen molar-refractivity contribution in [1.29, 1.82) is 0 Å². The zero-order valence-electron chi connectivity index (χ0n) is 15.9. The summed E-state index contributed by atoms with van der Waals surface area (Å²) in [4.78, 5) is 7.46. The normalized spacial score (nSPS) is 20.2. The fraction of sp³-hybridized carbons (Fsp3) is 0.429. The van der Waals surface area contributed by atoms with Crippen molar-refractivity contribution in [3.63, 3.8) is 0 Å². The van der Waals surface area contributed by atoms with E-state index in [4.69, 9.17) is 0 Å². The van der Waals surface area contributed by atoms with Gasteiger partial charge in [0.1, 0.15) is 0 Å². The lowest BCUT2D eigenvalue weighted by Crippen LogP contribution is -2.38. The van der Waals surface area contributed by atoms with E-state index in [2.05, 4.69) is 35.0 Å². The van der Waals surface area contributed by atoms with Crippen molar-refractivity contribution < 1.29 is 8.42 Å². The van der Waals surface area contributed by atoms with E-state index >= 15 is 0 Å². The number of hydrogen-bond donors (Lipinski definition) is 0. The van der Waals surface area contributed by atoms with Gasteiger partial charge in [-0.25, -0.2) is 8.42 Å². The van der Waals surface area contributed by atoms with Gasteiger partial charge in [0.2, 0.25) is 0 Å². The van der Waals surface area contributed by atoms with Gasteiger partial charge in [-0.15, -0.1) is 0 Å². The molecule has 27 heavy (non-hydrogen) atoms. The van der Waals surface area contributed by atoms with Crippen LogP contribution in [0.25, 0.3) is 0 Å². The maximum Gasteiger partial charge on any atom is 0.175 e. The summed E-state index contributed by atoms with van der Waals surface area (Å²) in [5.41, 5.74) is 2.34. The maximum absolute atomic E-state index is 12.0. The second kappa shape index (κ2) is 7.49. The van der Waals surface area contributed by atoms with Crippen molar-refractivity contribution in [3.05, 3.63) is 42.5 Å². The molecular weight excluding hydrogens is 376 g/mol. The molecule has 0 aromatic heterocycles. The van der Waals surface area contributed by atoms with E-state index in [1.165, 1.54) is 42.6 Å². The molecule has 0 saturated carbocycles. The highest BCUT2D eigenvalue weighted by atomic mass is 32.2. The van der Waals surface area contributed by atoms with Crippen LogP contribution in [-0.2, 0) is 9.84 Å². The minimum Gasteiger partial charge on any atom is -0.340 e. The highest BCUT2D eigenvalue weighted by molar-refractivity contribution is 7.99. The third kappa shape index (κ3) is 3.89. The lowest BCUT2D eigenvalue weighted by Gasteiger charge is -2.37. The monoisotopic (exact) mass is 402 g/mol. The Balaban J connectivity index is 1.66. The van der Waals surface area contributed by atoms with E-state index in [1.807, 2.05) is 18.2 Å². The second-order valence-corrected chi connectivity index (χ2v) is 10.6. The molecule has 0 bridgehead atoms. The van der Waals surface area contributed by atoms with Gasteiger partial charge in [0.05, 0.1) is 16.3 Å². The molecule has 4 nitrogen and oxygen atoms in total. The number of hydrogen-bond acceptors (Lipinski definition) is 5. The summed E-state index contributed by atoms with van der Waals surface area (Å²) in [6.07, 6.45) is 6.26. The van der Waals surface area contributed by atoms with Gasteiger partial charge in [-0.05, 0) is 63.2 Å². The molecule has 2 aliphatic rings. The average Bonchev–Trinajstić information content (AvgIpc) is 2.65. The molecule has 0 N–H and O–H groups in total. The van der Waals surface area contributed by atoms with Crippen LogP contribution >= 0.6 is 11.8 Å². The summed E-state index contributed by atoms with van der Waals surface area (Å²) >= 11 is 1.66. The SMILES string of the molecule is CN1CCCCC1CCN1c2ccccc2Sc2cc(S(C)(=O)=O)ccc21. The van der Waals surface area contributed by atoms with Crippen LogP contribution in [0.2, 0.25) is 0 Å². The fourth-order valence-electron chi connectivity index (χ4n) is 4.07. The fourth-order valence-corrected chi connectivity index (χ4v) is 5.93. The minimum absolute atomic E-state index is 0.389. The molecule has 1 saturated heterocycles. The molecule has 2 heterocycles. The van der Waals surface area contributed by atoms with Crippen LogP contribution in [0.4, 0.5) is 11.4 Å². The van der Waals surface area contributed by atoms with Gasteiger partial charge in [-0.1, -0.05) is 30.3 Å². The van der Waals surface area contributed by atoms with Gasteiger partial charge in [-0.3, -0.25) is 0 Å². The van der Waals surface area contributed by atoms with Crippen molar-refractivity contribution in [2.45, 2.75) is 46.4 Å². The summed E-state index contributed by atoms with van der Waals surface area (Å²) in [6, 6.07) is 14.6. The Morgan fingerprint density at radius 1 is 1.07 bits per heavy atom. The Morgan fingerprint density at radius 3 is 2.63 bits per heavy atom. The molecule has 0 radical (unpaired) electrons. The topological polar surface area (TPSA) is 40.6 Å². The molecule has 1 atom stereocenters. The first kappa shape index (κ1) is 18.8. The second-order valence-electron chi connectivity index (χ2n) is 7.54. The Bertz CT molecular complexity index is 943. The molecule has 2 aromatic rings. The van der Waals surface area contributed by atoms with Gasteiger partial charge in [0, 0.05) is 28.6 Å². The lowest BCUT2D eigenvalue weighted by molar-refractivity contribution is 0.178. The highest BCUT2D eigenvalue weighted by Crippen LogP contribution is 2.48. The van der Waals surface area contributed by atoms with Crippen LogP contribution in [0.3, 0.4) is 0 Å². The number of piperidine rings is 1. The van der Waals surface area contributed by atoms with Crippen LogP contribution < -0.4 is 4.90 Å². The number of fused-ring (bicyclic) bond motifs is 2. The van der Waals surface area contributed by atoms with Crippen LogP contribution in [-0.4, -0.2) is 45.8 Å². The Morgan fingerprint density at radius 2 is 1.85 bits per heavy atom. The summed E-state index contributed by atoms with van der Waals surface area (Å²) in [5.74, 6) is 0. The first-order valence-corrected chi connectivity index (χ1v) is 12.2. The van der Waals surface area contributed by atoms with Crippen molar-refractivity contribution >= 4 is 33.0 Å². The summed E-state index contributed by atoms with van der Waals surface area (Å²) in [6.45, 7) is 2.13. The number of anilines is 2. The first-order chi connectivity index (χ1) is 12.9. The Labute approximate surface area is 166 Å². The zero-order valence-corrected chi connectivity index (χ0v) is 17.5. The highest BCUT2D eigenvalue weighted by Gasteiger charge is 2.26. The molecule has 1 fully saturated rings. The number of para-hydroxylation sites is 1. The lowest BCUT2D eigenvalue weighted by atomic mass is 9.99. The molecule has 2 aromatic carbocycles. The van der Waals surface area contributed by atoms with Crippen molar-refractivity contribution in [2.75, 3.05) is 31.3 Å². The maximum atomic E-state index is 12.0. The van der Waals surface area contributed by atoms with Crippen LogP contribution in [0.1, 0.15) is 25.7 Å². The molecule has 144 valence electrons. The zero-order chi connectivity index (χ0) is 19.0. The Kier molecular flexibility index (Phi) is 5.23. The van der Waals surface area contributed by atoms with Gasteiger partial charge >= 0.3 is 0 Å². The smallest absolute Gasteiger partial charge is 0.175 e. The number of sulfone groups is 1. The molecule has 1 unspecified atom stereocenters. The number of likely N-dealkylation sites (tertiary alicyclic amines) is 1. The van der Waals surface area contributed by atoms with E-state index < -0.39 is 9.84 Å². The van der Waals surface area contributed by atoms with Crippen LogP contribution in [0.5, 0.6) is 0 Å². The summed E-state index contributed by atoms with van der Waals surface area (Å²) in [5, 5.41) is 0. The molecule has 2 aliphatic heterocycles. The van der Waals surface area contributed by atoms with Crippen LogP contribution in [0, 0.1) is 0 Å². The van der Waals surface area contributed by atoms with Crippen molar-refractivity contribution in [3.8, 4) is 0 Å². The quantitative estimate of drug-likeness (QED) is 0.749. The average molecular weight is 403 g/mol. The van der Waals surface area contributed by atoms with E-state index in [-0.39, 0.29) is 0 Å². The molecule has 0 aliphatic carbocycles. The third-order valence-electron chi connectivity index (χ3n) is 5.63. The summed E-state index contributed by atoms with van der Waals surface area (Å²) in [7, 11) is -0.974. The van der Waals surface area contributed by atoms with Gasteiger partial charge in [0.25, 0.3) is 0 Å². The van der Waals surface area contributed by atoms with Crippen molar-refractivity contribution in [2.24, 2.45) is 0 Å². The number of rotatable bonds is 4. The van der Waals surface area contributed by atoms with Gasteiger partial charge in [0.15, 0.2) is 9.84 Å². The molecule has 6 heteroatoms.